The molecule has 0 unspecified atom stereocenters. The molecule has 2 aromatic carbocycles. The standard InChI is InChI=1S/C15H11Cl2NO/c16-12-3-1-2-11(14(12)17)15(19)10-5-4-9-6-7-18-13(9)8-10/h1-5,8,18H,6-7H2. The minimum atomic E-state index is -0.107. The average Bonchev–Trinajstić information content (AvgIpc) is 2.88. The molecular formula is C15H11Cl2NO. The number of ketones is 1. The van der Waals surface area contributed by atoms with Gasteiger partial charge < -0.3 is 5.32 Å². The number of hydrogen-bond donors (Lipinski definition) is 1. The molecule has 2 nitrogen and oxygen atoms in total. The van der Waals surface area contributed by atoms with Gasteiger partial charge in [0, 0.05) is 23.4 Å². The third kappa shape index (κ3) is 2.22. The highest BCUT2D eigenvalue weighted by Crippen LogP contribution is 2.29. The first-order valence-corrected chi connectivity index (χ1v) is 6.78. The Bertz CT molecular complexity index is 667. The van der Waals surface area contributed by atoms with Gasteiger partial charge in [-0.15, -0.1) is 0 Å². The van der Waals surface area contributed by atoms with E-state index < -0.39 is 0 Å². The van der Waals surface area contributed by atoms with Crippen LogP contribution in [0, 0.1) is 0 Å². The predicted octanol–water partition coefficient (Wildman–Crippen LogP) is 4.19. The first kappa shape index (κ1) is 12.5. The summed E-state index contributed by atoms with van der Waals surface area (Å²) in [5.41, 5.74) is 3.34. The lowest BCUT2D eigenvalue weighted by Gasteiger charge is -2.07. The van der Waals surface area contributed by atoms with Gasteiger partial charge >= 0.3 is 0 Å². The summed E-state index contributed by atoms with van der Waals surface area (Å²) < 4.78 is 0. The predicted molar refractivity (Wildman–Crippen MR) is 78.5 cm³/mol. The topological polar surface area (TPSA) is 29.1 Å². The lowest BCUT2D eigenvalue weighted by Crippen LogP contribution is -2.03. The second kappa shape index (κ2) is 4.87. The smallest absolute Gasteiger partial charge is 0.194 e. The van der Waals surface area contributed by atoms with Crippen molar-refractivity contribution < 1.29 is 4.79 Å². The third-order valence-corrected chi connectivity index (χ3v) is 4.10. The lowest BCUT2D eigenvalue weighted by molar-refractivity contribution is 0.103. The van der Waals surface area contributed by atoms with Crippen LogP contribution in [0.2, 0.25) is 10.0 Å². The van der Waals surface area contributed by atoms with E-state index >= 15 is 0 Å². The van der Waals surface area contributed by atoms with Crippen LogP contribution in [-0.4, -0.2) is 12.3 Å². The summed E-state index contributed by atoms with van der Waals surface area (Å²) in [6.07, 6.45) is 1.00. The molecule has 3 rings (SSSR count). The Labute approximate surface area is 121 Å². The van der Waals surface area contributed by atoms with Crippen molar-refractivity contribution >= 4 is 34.7 Å². The number of halogens is 2. The second-order valence-electron chi connectivity index (χ2n) is 4.48. The Kier molecular flexibility index (Phi) is 3.21. The van der Waals surface area contributed by atoms with Crippen LogP contribution in [0.15, 0.2) is 36.4 Å². The van der Waals surface area contributed by atoms with Gasteiger partial charge in [0.25, 0.3) is 0 Å². The lowest BCUT2D eigenvalue weighted by atomic mass is 10.0. The van der Waals surface area contributed by atoms with Crippen molar-refractivity contribution in [2.24, 2.45) is 0 Å². The van der Waals surface area contributed by atoms with Gasteiger partial charge in [-0.2, -0.15) is 0 Å². The summed E-state index contributed by atoms with van der Waals surface area (Å²) in [6.45, 7) is 0.922. The molecule has 19 heavy (non-hydrogen) atoms. The first-order chi connectivity index (χ1) is 9.16. The van der Waals surface area contributed by atoms with Crippen LogP contribution in [-0.2, 0) is 6.42 Å². The van der Waals surface area contributed by atoms with E-state index in [1.54, 1.807) is 18.2 Å². The van der Waals surface area contributed by atoms with E-state index in [0.717, 1.165) is 18.7 Å². The quantitative estimate of drug-likeness (QED) is 0.841. The molecule has 1 N–H and O–H groups in total. The number of anilines is 1. The highest BCUT2D eigenvalue weighted by molar-refractivity contribution is 6.44. The summed E-state index contributed by atoms with van der Waals surface area (Å²) in [6, 6.07) is 10.8. The Hall–Kier alpha value is -1.51. The maximum atomic E-state index is 12.4. The average molecular weight is 292 g/mol. The molecule has 4 heteroatoms. The maximum Gasteiger partial charge on any atom is 0.194 e. The third-order valence-electron chi connectivity index (χ3n) is 3.28. The van der Waals surface area contributed by atoms with Gasteiger partial charge in [0.15, 0.2) is 5.78 Å². The minimum Gasteiger partial charge on any atom is -0.384 e. The zero-order chi connectivity index (χ0) is 13.4. The Morgan fingerprint density at radius 1 is 1.16 bits per heavy atom. The molecule has 0 aromatic heterocycles. The van der Waals surface area contributed by atoms with Crippen LogP contribution < -0.4 is 5.32 Å². The molecule has 2 aromatic rings. The monoisotopic (exact) mass is 291 g/mol. The number of hydrogen-bond acceptors (Lipinski definition) is 2. The van der Waals surface area contributed by atoms with Gasteiger partial charge in [-0.25, -0.2) is 0 Å². The molecule has 1 aliphatic rings. The van der Waals surface area contributed by atoms with Crippen LogP contribution >= 0.6 is 23.2 Å². The van der Waals surface area contributed by atoms with Crippen LogP contribution in [0.3, 0.4) is 0 Å². The fourth-order valence-corrected chi connectivity index (χ4v) is 2.65. The summed E-state index contributed by atoms with van der Waals surface area (Å²) in [7, 11) is 0. The molecule has 0 aliphatic carbocycles. The van der Waals surface area contributed by atoms with Crippen LogP contribution in [0.1, 0.15) is 21.5 Å². The Morgan fingerprint density at radius 3 is 2.84 bits per heavy atom. The molecule has 1 heterocycles. The van der Waals surface area contributed by atoms with Gasteiger partial charge in [0.2, 0.25) is 0 Å². The van der Waals surface area contributed by atoms with Crippen molar-refractivity contribution in [2.45, 2.75) is 6.42 Å². The molecule has 0 spiro atoms. The fourth-order valence-electron chi connectivity index (χ4n) is 2.27. The van der Waals surface area contributed by atoms with Gasteiger partial charge in [0.05, 0.1) is 10.0 Å². The minimum absolute atomic E-state index is 0.107. The molecule has 0 saturated heterocycles. The van der Waals surface area contributed by atoms with Crippen LogP contribution in [0.25, 0.3) is 0 Å². The first-order valence-electron chi connectivity index (χ1n) is 6.02. The van der Waals surface area contributed by atoms with E-state index in [2.05, 4.69) is 5.32 Å². The molecule has 0 bridgehead atoms. The number of benzene rings is 2. The van der Waals surface area contributed by atoms with Crippen LogP contribution in [0.5, 0.6) is 0 Å². The maximum absolute atomic E-state index is 12.4. The molecule has 0 amide bonds. The molecule has 0 atom stereocenters. The highest BCUT2D eigenvalue weighted by atomic mass is 35.5. The van der Waals surface area contributed by atoms with Crippen molar-refractivity contribution in [1.29, 1.82) is 0 Å². The molecular weight excluding hydrogens is 281 g/mol. The van der Waals surface area contributed by atoms with Crippen molar-refractivity contribution in [1.82, 2.24) is 0 Å². The molecule has 0 radical (unpaired) electrons. The number of nitrogens with one attached hydrogen (secondary N) is 1. The molecule has 0 saturated carbocycles. The molecule has 1 aliphatic heterocycles. The van der Waals surface area contributed by atoms with Crippen molar-refractivity contribution in [3.05, 3.63) is 63.1 Å². The van der Waals surface area contributed by atoms with E-state index in [1.807, 2.05) is 18.2 Å². The summed E-state index contributed by atoms with van der Waals surface area (Å²) in [4.78, 5) is 12.4. The number of carbonyl (C=O) groups excluding carboxylic acids is 1. The van der Waals surface area contributed by atoms with Crippen molar-refractivity contribution in [2.75, 3.05) is 11.9 Å². The zero-order valence-electron chi connectivity index (χ0n) is 10.0. The number of carbonyl (C=O) groups is 1. The summed E-state index contributed by atoms with van der Waals surface area (Å²) >= 11 is 12.0. The van der Waals surface area contributed by atoms with Gasteiger partial charge in [-0.05, 0) is 30.2 Å². The number of fused-ring (bicyclic) bond motifs is 1. The number of rotatable bonds is 2. The van der Waals surface area contributed by atoms with E-state index in [-0.39, 0.29) is 5.78 Å². The second-order valence-corrected chi connectivity index (χ2v) is 5.26. The SMILES string of the molecule is O=C(c1ccc2c(c1)NCC2)c1cccc(Cl)c1Cl. The van der Waals surface area contributed by atoms with Crippen molar-refractivity contribution in [3.63, 3.8) is 0 Å². The van der Waals surface area contributed by atoms with Crippen molar-refractivity contribution in [3.8, 4) is 0 Å². The van der Waals surface area contributed by atoms with E-state index in [0.29, 0.717) is 21.2 Å². The van der Waals surface area contributed by atoms with E-state index in [9.17, 15) is 4.79 Å². The largest absolute Gasteiger partial charge is 0.384 e. The summed E-state index contributed by atoms with van der Waals surface area (Å²) in [5.74, 6) is -0.107. The normalized spacial score (nSPS) is 12.9. The Balaban J connectivity index is 2.02. The Morgan fingerprint density at radius 2 is 2.00 bits per heavy atom. The molecule has 0 fully saturated rings. The van der Waals surface area contributed by atoms with Gasteiger partial charge in [-0.3, -0.25) is 4.79 Å². The van der Waals surface area contributed by atoms with Crippen LogP contribution in [0.4, 0.5) is 5.69 Å². The van der Waals surface area contributed by atoms with E-state index in [4.69, 9.17) is 23.2 Å². The van der Waals surface area contributed by atoms with Gasteiger partial charge in [-0.1, -0.05) is 41.4 Å². The fraction of sp³-hybridized carbons (Fsp3) is 0.133. The van der Waals surface area contributed by atoms with E-state index in [1.165, 1.54) is 5.56 Å². The summed E-state index contributed by atoms with van der Waals surface area (Å²) in [5, 5.41) is 3.96. The zero-order valence-corrected chi connectivity index (χ0v) is 11.6. The van der Waals surface area contributed by atoms with Gasteiger partial charge in [0.1, 0.15) is 0 Å². The molecule has 96 valence electrons. The highest BCUT2D eigenvalue weighted by Gasteiger charge is 2.17.